The number of halogens is 1. The summed E-state index contributed by atoms with van der Waals surface area (Å²) in [6, 6.07) is 3.74. The Morgan fingerprint density at radius 2 is 2.12 bits per heavy atom. The van der Waals surface area contributed by atoms with E-state index in [0.717, 1.165) is 10.7 Å². The third-order valence-corrected chi connectivity index (χ3v) is 4.32. The predicted molar refractivity (Wildman–Crippen MR) is 90.4 cm³/mol. The molecule has 3 atom stereocenters. The zero-order chi connectivity index (χ0) is 19.4. The van der Waals surface area contributed by atoms with Gasteiger partial charge in [0.05, 0.1) is 11.7 Å². The first-order valence-corrected chi connectivity index (χ1v) is 8.10. The average molecular weight is 367 g/mol. The second-order valence-electron chi connectivity index (χ2n) is 5.96. The molecule has 0 saturated heterocycles. The number of hydrogen-bond acceptors (Lipinski definition) is 6. The van der Waals surface area contributed by atoms with E-state index in [1.807, 2.05) is 13.8 Å². The second-order valence-corrected chi connectivity index (χ2v) is 5.96. The summed E-state index contributed by atoms with van der Waals surface area (Å²) in [5.74, 6) is -0.652. The Hall–Kier alpha value is -2.59. The normalized spacial score (nSPS) is 14.7. The van der Waals surface area contributed by atoms with E-state index in [-0.39, 0.29) is 11.6 Å². The lowest BCUT2D eigenvalue weighted by atomic mass is 9.97. The van der Waals surface area contributed by atoms with Gasteiger partial charge in [0.15, 0.2) is 6.29 Å². The summed E-state index contributed by atoms with van der Waals surface area (Å²) >= 11 is 0. The molecule has 0 aliphatic rings. The van der Waals surface area contributed by atoms with E-state index >= 15 is 0 Å². The maximum atomic E-state index is 13.4. The van der Waals surface area contributed by atoms with E-state index < -0.39 is 29.9 Å². The van der Waals surface area contributed by atoms with Gasteiger partial charge in [-0.05, 0) is 34.5 Å². The summed E-state index contributed by atoms with van der Waals surface area (Å²) in [6.45, 7) is 3.76. The first-order chi connectivity index (χ1) is 12.3. The summed E-state index contributed by atoms with van der Waals surface area (Å²) in [7, 11) is 2.76. The van der Waals surface area contributed by atoms with E-state index in [2.05, 4.69) is 10.4 Å². The molecule has 0 saturated carbocycles. The van der Waals surface area contributed by atoms with Crippen molar-refractivity contribution < 1.29 is 19.0 Å². The molecule has 1 N–H and O–H groups in total. The van der Waals surface area contributed by atoms with Gasteiger partial charge in [-0.25, -0.2) is 14.0 Å². The van der Waals surface area contributed by atoms with Crippen molar-refractivity contribution in [3.8, 4) is 5.69 Å². The summed E-state index contributed by atoms with van der Waals surface area (Å²) in [5, 5.41) is 17.3. The Labute approximate surface area is 149 Å². The quantitative estimate of drug-likeness (QED) is 0.600. The van der Waals surface area contributed by atoms with E-state index in [9.17, 15) is 19.1 Å². The highest BCUT2D eigenvalue weighted by Crippen LogP contribution is 2.18. The Bertz CT molecular complexity index is 811. The van der Waals surface area contributed by atoms with Gasteiger partial charge in [-0.3, -0.25) is 0 Å². The van der Waals surface area contributed by atoms with Gasteiger partial charge < -0.3 is 14.7 Å². The average Bonchev–Trinajstić information content (AvgIpc) is 3.02. The Morgan fingerprint density at radius 1 is 1.42 bits per heavy atom. The standard InChI is InChI=1S/C16H22FN5O4/c1-5-10(2)13(14(23)26-4)20(3)15(24)22-16(25)21(18-19-22)12-8-6-7-11(17)9-12/h6-10,13-14,23H,5H2,1-4H3. The maximum absolute atomic E-state index is 13.4. The summed E-state index contributed by atoms with van der Waals surface area (Å²) in [6.07, 6.45) is -0.555. The number of tetrazole rings is 1. The number of ether oxygens (including phenoxy) is 1. The number of nitrogens with zero attached hydrogens (tertiary/aromatic N) is 5. The molecule has 1 aromatic carbocycles. The number of carbonyl (C=O) groups is 1. The molecule has 9 nitrogen and oxygen atoms in total. The van der Waals surface area contributed by atoms with Crippen molar-refractivity contribution in [2.75, 3.05) is 14.2 Å². The van der Waals surface area contributed by atoms with Crippen LogP contribution in [0.15, 0.2) is 29.1 Å². The molecule has 142 valence electrons. The van der Waals surface area contributed by atoms with Crippen LogP contribution in [0.3, 0.4) is 0 Å². The number of aliphatic hydroxyl groups is 1. The number of benzene rings is 1. The van der Waals surface area contributed by atoms with Crippen molar-refractivity contribution in [1.29, 1.82) is 0 Å². The fraction of sp³-hybridized carbons (Fsp3) is 0.500. The summed E-state index contributed by atoms with van der Waals surface area (Å²) in [5.41, 5.74) is -0.700. The highest BCUT2D eigenvalue weighted by Gasteiger charge is 2.33. The molecule has 2 rings (SSSR count). The fourth-order valence-corrected chi connectivity index (χ4v) is 2.65. The minimum absolute atomic E-state index is 0.104. The number of aromatic nitrogens is 4. The van der Waals surface area contributed by atoms with Crippen molar-refractivity contribution in [1.82, 2.24) is 24.7 Å². The van der Waals surface area contributed by atoms with E-state index in [4.69, 9.17) is 4.74 Å². The van der Waals surface area contributed by atoms with Crippen LogP contribution in [-0.4, -0.2) is 62.3 Å². The Balaban J connectivity index is 2.36. The third kappa shape index (κ3) is 3.81. The molecule has 2 aromatic rings. The molecule has 3 unspecified atom stereocenters. The number of aliphatic hydroxyl groups excluding tert-OH is 1. The van der Waals surface area contributed by atoms with Crippen molar-refractivity contribution >= 4 is 6.03 Å². The Morgan fingerprint density at radius 3 is 2.69 bits per heavy atom. The van der Waals surface area contributed by atoms with Gasteiger partial charge in [-0.1, -0.05) is 26.3 Å². The molecule has 10 heteroatoms. The van der Waals surface area contributed by atoms with Crippen LogP contribution in [0, 0.1) is 11.7 Å². The van der Waals surface area contributed by atoms with Crippen LogP contribution < -0.4 is 5.69 Å². The monoisotopic (exact) mass is 367 g/mol. The van der Waals surface area contributed by atoms with Crippen LogP contribution in [-0.2, 0) is 4.74 Å². The molecule has 0 fully saturated rings. The van der Waals surface area contributed by atoms with Crippen molar-refractivity contribution in [3.63, 3.8) is 0 Å². The van der Waals surface area contributed by atoms with Crippen LogP contribution in [0.5, 0.6) is 0 Å². The summed E-state index contributed by atoms with van der Waals surface area (Å²) < 4.78 is 19.7. The van der Waals surface area contributed by atoms with Crippen LogP contribution in [0.2, 0.25) is 0 Å². The van der Waals surface area contributed by atoms with E-state index in [1.165, 1.54) is 37.3 Å². The lowest BCUT2D eigenvalue weighted by Crippen LogP contribution is -2.52. The van der Waals surface area contributed by atoms with Crippen LogP contribution in [0.1, 0.15) is 20.3 Å². The zero-order valence-corrected chi connectivity index (χ0v) is 15.0. The molecule has 0 aliphatic heterocycles. The maximum Gasteiger partial charge on any atom is 0.377 e. The molecule has 26 heavy (non-hydrogen) atoms. The van der Waals surface area contributed by atoms with Crippen LogP contribution >= 0.6 is 0 Å². The van der Waals surface area contributed by atoms with E-state index in [0.29, 0.717) is 11.1 Å². The van der Waals surface area contributed by atoms with Crippen LogP contribution in [0.25, 0.3) is 5.69 Å². The molecule has 1 aromatic heterocycles. The Kier molecular flexibility index (Phi) is 6.22. The molecular formula is C16H22FN5O4. The topological polar surface area (TPSA) is 102 Å². The van der Waals surface area contributed by atoms with Crippen molar-refractivity contribution in [2.24, 2.45) is 5.92 Å². The second kappa shape index (κ2) is 8.19. The lowest BCUT2D eigenvalue weighted by molar-refractivity contribution is -0.126. The lowest BCUT2D eigenvalue weighted by Gasteiger charge is -2.34. The number of likely N-dealkylation sites (N-methyl/N-ethyl adjacent to an activating group) is 1. The molecule has 0 radical (unpaired) electrons. The highest BCUT2D eigenvalue weighted by atomic mass is 19.1. The SMILES string of the molecule is CCC(C)C(C(O)OC)N(C)C(=O)n1nnn(-c2cccc(F)c2)c1=O. The molecule has 0 aliphatic carbocycles. The number of hydrogen-bond donors (Lipinski definition) is 1. The number of carbonyl (C=O) groups excluding carboxylic acids is 1. The number of methoxy groups -OCH3 is 1. The number of rotatable bonds is 6. The molecule has 0 spiro atoms. The number of amides is 1. The van der Waals surface area contributed by atoms with Gasteiger partial charge in [0.1, 0.15) is 5.82 Å². The van der Waals surface area contributed by atoms with Crippen LogP contribution in [0.4, 0.5) is 9.18 Å². The highest BCUT2D eigenvalue weighted by molar-refractivity contribution is 5.75. The fourth-order valence-electron chi connectivity index (χ4n) is 2.65. The van der Waals surface area contributed by atoms with Gasteiger partial charge in [0, 0.05) is 14.2 Å². The largest absolute Gasteiger partial charge is 0.377 e. The van der Waals surface area contributed by atoms with Crippen molar-refractivity contribution in [2.45, 2.75) is 32.6 Å². The van der Waals surface area contributed by atoms with Crippen molar-refractivity contribution in [3.05, 3.63) is 40.6 Å². The molecular weight excluding hydrogens is 345 g/mol. The first kappa shape index (κ1) is 19.7. The molecule has 1 amide bonds. The third-order valence-electron chi connectivity index (χ3n) is 4.32. The smallest absolute Gasteiger partial charge is 0.366 e. The van der Waals surface area contributed by atoms with Gasteiger partial charge in [-0.2, -0.15) is 4.68 Å². The van der Waals surface area contributed by atoms with Gasteiger partial charge in [0.2, 0.25) is 0 Å². The summed E-state index contributed by atoms with van der Waals surface area (Å²) in [4.78, 5) is 26.3. The minimum Gasteiger partial charge on any atom is -0.366 e. The predicted octanol–water partition coefficient (Wildman–Crippen LogP) is 0.847. The molecule has 1 heterocycles. The first-order valence-electron chi connectivity index (χ1n) is 8.10. The van der Waals surface area contributed by atoms with Gasteiger partial charge >= 0.3 is 11.7 Å². The molecule has 0 bridgehead atoms. The van der Waals surface area contributed by atoms with Gasteiger partial charge in [-0.15, -0.1) is 4.68 Å². The van der Waals surface area contributed by atoms with E-state index in [1.54, 1.807) is 0 Å². The minimum atomic E-state index is -1.23. The van der Waals surface area contributed by atoms with Gasteiger partial charge in [0.25, 0.3) is 0 Å². The zero-order valence-electron chi connectivity index (χ0n) is 15.0.